The summed E-state index contributed by atoms with van der Waals surface area (Å²) in [5.74, 6) is -0.498. The molecule has 0 fully saturated rings. The summed E-state index contributed by atoms with van der Waals surface area (Å²) in [5, 5.41) is 0.747. The topological polar surface area (TPSA) is 69.1 Å². The maximum atomic E-state index is 10.8. The van der Waals surface area contributed by atoms with Gasteiger partial charge in [-0.3, -0.25) is 4.79 Å². The van der Waals surface area contributed by atoms with Crippen LogP contribution in [0.15, 0.2) is 27.4 Å². The van der Waals surface area contributed by atoms with Crippen molar-refractivity contribution in [3.8, 4) is 0 Å². The molecule has 0 aromatic carbocycles. The number of rotatable bonds is 1. The van der Waals surface area contributed by atoms with Gasteiger partial charge in [0.15, 0.2) is 0 Å². The smallest absolute Gasteiger partial charge is 0.250 e. The van der Waals surface area contributed by atoms with E-state index in [9.17, 15) is 4.79 Å². The average Bonchev–Trinajstić information content (AvgIpc) is 2.47. The molecule has 0 atom stereocenters. The second-order valence-corrected chi connectivity index (χ2v) is 3.38. The van der Waals surface area contributed by atoms with Crippen molar-refractivity contribution in [1.82, 2.24) is 4.98 Å². The lowest BCUT2D eigenvalue weighted by Gasteiger charge is -1.93. The number of aromatic nitrogens is 1. The van der Waals surface area contributed by atoms with Crippen LogP contribution < -0.4 is 5.73 Å². The number of furan rings is 1. The predicted molar refractivity (Wildman–Crippen MR) is 50.2 cm³/mol. The van der Waals surface area contributed by atoms with Crippen LogP contribution in [0.3, 0.4) is 0 Å². The zero-order valence-electron chi connectivity index (χ0n) is 6.45. The summed E-state index contributed by atoms with van der Waals surface area (Å²) < 4.78 is 5.84. The van der Waals surface area contributed by atoms with Gasteiger partial charge in [-0.2, -0.15) is 0 Å². The van der Waals surface area contributed by atoms with Crippen LogP contribution in [0.1, 0.15) is 10.4 Å². The Morgan fingerprint density at radius 1 is 1.62 bits per heavy atom. The van der Waals surface area contributed by atoms with Gasteiger partial charge >= 0.3 is 0 Å². The molecule has 0 aliphatic carbocycles. The van der Waals surface area contributed by atoms with E-state index in [1.807, 2.05) is 0 Å². The van der Waals surface area contributed by atoms with Crippen molar-refractivity contribution >= 4 is 32.9 Å². The number of pyridine rings is 1. The molecule has 2 aromatic heterocycles. The van der Waals surface area contributed by atoms with Gasteiger partial charge in [-0.05, 0) is 22.0 Å². The minimum Gasteiger partial charge on any atom is -0.445 e. The molecule has 0 spiro atoms. The van der Waals surface area contributed by atoms with E-state index < -0.39 is 5.91 Å². The number of halogens is 1. The van der Waals surface area contributed by atoms with Crippen molar-refractivity contribution in [2.45, 2.75) is 0 Å². The molecule has 13 heavy (non-hydrogen) atoms. The summed E-state index contributed by atoms with van der Waals surface area (Å²) >= 11 is 3.26. The van der Waals surface area contributed by atoms with Crippen molar-refractivity contribution < 1.29 is 9.21 Å². The normalized spacial score (nSPS) is 10.5. The third-order valence-electron chi connectivity index (χ3n) is 1.67. The second kappa shape index (κ2) is 2.85. The van der Waals surface area contributed by atoms with E-state index in [0.717, 1.165) is 9.86 Å². The summed E-state index contributed by atoms with van der Waals surface area (Å²) in [6.45, 7) is 0. The molecule has 66 valence electrons. The molecule has 0 aliphatic rings. The molecule has 5 heteroatoms. The zero-order chi connectivity index (χ0) is 9.42. The Hall–Kier alpha value is -1.36. The van der Waals surface area contributed by atoms with Crippen molar-refractivity contribution in [2.75, 3.05) is 0 Å². The van der Waals surface area contributed by atoms with E-state index in [1.54, 1.807) is 6.07 Å². The van der Waals surface area contributed by atoms with Crippen molar-refractivity contribution in [3.05, 3.63) is 28.6 Å². The number of nitrogens with zero attached hydrogens (tertiary/aromatic N) is 1. The van der Waals surface area contributed by atoms with E-state index in [2.05, 4.69) is 20.9 Å². The average molecular weight is 241 g/mol. The van der Waals surface area contributed by atoms with Crippen LogP contribution in [-0.4, -0.2) is 10.9 Å². The first-order chi connectivity index (χ1) is 6.18. The Bertz CT molecular complexity index is 478. The van der Waals surface area contributed by atoms with Crippen molar-refractivity contribution in [1.29, 1.82) is 0 Å². The fraction of sp³-hybridized carbons (Fsp3) is 0. The zero-order valence-corrected chi connectivity index (χ0v) is 8.04. The van der Waals surface area contributed by atoms with Crippen LogP contribution in [-0.2, 0) is 0 Å². The SMILES string of the molecule is NC(=O)c1cnc2occ(Br)c2c1. The number of hydrogen-bond acceptors (Lipinski definition) is 3. The van der Waals surface area contributed by atoms with Crippen LogP contribution >= 0.6 is 15.9 Å². The number of carbonyl (C=O) groups excluding carboxylic acids is 1. The number of fused-ring (bicyclic) bond motifs is 1. The Balaban J connectivity index is 2.72. The molecule has 0 aliphatic heterocycles. The van der Waals surface area contributed by atoms with Crippen molar-refractivity contribution in [2.24, 2.45) is 5.73 Å². The molecule has 2 rings (SSSR count). The molecule has 2 heterocycles. The van der Waals surface area contributed by atoms with Gasteiger partial charge in [-0.15, -0.1) is 0 Å². The minimum absolute atomic E-state index is 0.370. The molecule has 0 saturated heterocycles. The first kappa shape index (κ1) is 8.25. The molecule has 2 N–H and O–H groups in total. The lowest BCUT2D eigenvalue weighted by molar-refractivity contribution is 0.1000. The highest BCUT2D eigenvalue weighted by molar-refractivity contribution is 9.10. The molecule has 0 radical (unpaired) electrons. The molecule has 1 amide bonds. The van der Waals surface area contributed by atoms with Crippen LogP contribution in [0, 0.1) is 0 Å². The fourth-order valence-electron chi connectivity index (χ4n) is 1.02. The van der Waals surface area contributed by atoms with E-state index in [0.29, 0.717) is 11.3 Å². The molecular formula is C8H5BrN2O2. The van der Waals surface area contributed by atoms with E-state index in [4.69, 9.17) is 10.2 Å². The van der Waals surface area contributed by atoms with Crippen LogP contribution in [0.5, 0.6) is 0 Å². The molecule has 0 bridgehead atoms. The quantitative estimate of drug-likeness (QED) is 0.825. The van der Waals surface area contributed by atoms with Crippen molar-refractivity contribution in [3.63, 3.8) is 0 Å². The van der Waals surface area contributed by atoms with Crippen LogP contribution in [0.25, 0.3) is 11.1 Å². The highest BCUT2D eigenvalue weighted by atomic mass is 79.9. The largest absolute Gasteiger partial charge is 0.445 e. The Morgan fingerprint density at radius 3 is 3.08 bits per heavy atom. The van der Waals surface area contributed by atoms with Gasteiger partial charge in [-0.25, -0.2) is 4.98 Å². The Kier molecular flexibility index (Phi) is 1.81. The summed E-state index contributed by atoms with van der Waals surface area (Å²) in [6, 6.07) is 1.64. The lowest BCUT2D eigenvalue weighted by atomic mass is 10.2. The Labute approximate surface area is 81.9 Å². The lowest BCUT2D eigenvalue weighted by Crippen LogP contribution is -2.10. The number of carbonyl (C=O) groups is 1. The van der Waals surface area contributed by atoms with Crippen LogP contribution in [0.2, 0.25) is 0 Å². The number of primary amides is 1. The van der Waals surface area contributed by atoms with E-state index in [-0.39, 0.29) is 0 Å². The third-order valence-corrected chi connectivity index (χ3v) is 2.28. The van der Waals surface area contributed by atoms with Gasteiger partial charge in [0.25, 0.3) is 0 Å². The second-order valence-electron chi connectivity index (χ2n) is 2.52. The van der Waals surface area contributed by atoms with E-state index >= 15 is 0 Å². The fourth-order valence-corrected chi connectivity index (χ4v) is 1.40. The van der Waals surface area contributed by atoms with Crippen LogP contribution in [0.4, 0.5) is 0 Å². The molecule has 0 unspecified atom stereocenters. The first-order valence-electron chi connectivity index (χ1n) is 3.51. The molecule has 0 saturated carbocycles. The van der Waals surface area contributed by atoms with Gasteiger partial charge in [-0.1, -0.05) is 0 Å². The number of amides is 1. The maximum Gasteiger partial charge on any atom is 0.250 e. The summed E-state index contributed by atoms with van der Waals surface area (Å²) in [5.41, 5.74) is 5.95. The van der Waals surface area contributed by atoms with E-state index in [1.165, 1.54) is 12.5 Å². The third kappa shape index (κ3) is 1.31. The first-order valence-corrected chi connectivity index (χ1v) is 4.30. The maximum absolute atomic E-state index is 10.8. The summed E-state index contributed by atoms with van der Waals surface area (Å²) in [6.07, 6.45) is 2.91. The summed E-state index contributed by atoms with van der Waals surface area (Å²) in [7, 11) is 0. The van der Waals surface area contributed by atoms with Gasteiger partial charge in [0.1, 0.15) is 6.26 Å². The van der Waals surface area contributed by atoms with Gasteiger partial charge in [0, 0.05) is 6.20 Å². The highest BCUT2D eigenvalue weighted by Gasteiger charge is 2.07. The number of hydrogen-bond donors (Lipinski definition) is 1. The van der Waals surface area contributed by atoms with Gasteiger partial charge < -0.3 is 10.2 Å². The predicted octanol–water partition coefficient (Wildman–Crippen LogP) is 1.69. The van der Waals surface area contributed by atoms with Gasteiger partial charge in [0.05, 0.1) is 15.4 Å². The highest BCUT2D eigenvalue weighted by Crippen LogP contribution is 2.24. The molecule has 2 aromatic rings. The molecule has 4 nitrogen and oxygen atoms in total. The molecular weight excluding hydrogens is 236 g/mol. The minimum atomic E-state index is -0.498. The monoisotopic (exact) mass is 240 g/mol. The summed E-state index contributed by atoms with van der Waals surface area (Å²) in [4.78, 5) is 14.7. The number of nitrogens with two attached hydrogens (primary N) is 1. The van der Waals surface area contributed by atoms with Gasteiger partial charge in [0.2, 0.25) is 11.6 Å². The standard InChI is InChI=1S/C8H5BrN2O2/c9-6-3-13-8-5(6)1-4(2-11-8)7(10)12/h1-3H,(H2,10,12). The Morgan fingerprint density at radius 2 is 2.38 bits per heavy atom.